The van der Waals surface area contributed by atoms with Crippen molar-refractivity contribution in [1.29, 1.82) is 0 Å². The van der Waals surface area contributed by atoms with Gasteiger partial charge in [0.15, 0.2) is 9.84 Å². The van der Waals surface area contributed by atoms with E-state index in [1.807, 2.05) is 0 Å². The van der Waals surface area contributed by atoms with Crippen molar-refractivity contribution in [1.82, 2.24) is 5.32 Å². The van der Waals surface area contributed by atoms with Crippen LogP contribution in [0, 0.1) is 0 Å². The molecule has 1 amide bonds. The molecule has 1 heterocycles. The number of carbonyl (C=O) groups excluding carboxylic acids is 1. The molecule has 0 aromatic heterocycles. The Morgan fingerprint density at radius 3 is 2.12 bits per heavy atom. The summed E-state index contributed by atoms with van der Waals surface area (Å²) in [5, 5.41) is 2.45. The van der Waals surface area contributed by atoms with Crippen molar-refractivity contribution in [2.24, 2.45) is 5.73 Å². The van der Waals surface area contributed by atoms with Gasteiger partial charge in [0.05, 0.1) is 17.0 Å². The lowest BCUT2D eigenvalue weighted by atomic mass is 9.73. The van der Waals surface area contributed by atoms with Crippen molar-refractivity contribution in [3.8, 4) is 0 Å². The maximum atomic E-state index is 12.7. The van der Waals surface area contributed by atoms with E-state index in [0.29, 0.717) is 0 Å². The first-order valence-electron chi connectivity index (χ1n) is 5.15. The minimum Gasteiger partial charge on any atom is -0.347 e. The van der Waals surface area contributed by atoms with Crippen molar-refractivity contribution in [3.63, 3.8) is 0 Å². The Morgan fingerprint density at radius 2 is 1.76 bits per heavy atom. The number of halogens is 2. The predicted molar refractivity (Wildman–Crippen MR) is 56.3 cm³/mol. The van der Waals surface area contributed by atoms with Crippen LogP contribution in [0.2, 0.25) is 0 Å². The molecule has 3 N–H and O–H groups in total. The third-order valence-electron chi connectivity index (χ3n) is 3.09. The summed E-state index contributed by atoms with van der Waals surface area (Å²) in [6.45, 7) is 1.56. The highest BCUT2D eigenvalue weighted by atomic mass is 32.2. The molecule has 1 saturated carbocycles. The lowest BCUT2D eigenvalue weighted by molar-refractivity contribution is -0.157. The van der Waals surface area contributed by atoms with Gasteiger partial charge in [0.1, 0.15) is 5.54 Å². The van der Waals surface area contributed by atoms with Gasteiger partial charge in [0, 0.05) is 12.8 Å². The fraction of sp³-hybridized carbons (Fsp3) is 0.889. The van der Waals surface area contributed by atoms with Gasteiger partial charge in [0.2, 0.25) is 5.91 Å². The quantitative estimate of drug-likeness (QED) is 0.701. The Balaban J connectivity index is 1.96. The molecule has 2 fully saturated rings. The lowest BCUT2D eigenvalue weighted by Crippen LogP contribution is -2.72. The van der Waals surface area contributed by atoms with Crippen LogP contribution >= 0.6 is 0 Å². The number of alkyl halides is 2. The largest absolute Gasteiger partial charge is 0.347 e. The van der Waals surface area contributed by atoms with Gasteiger partial charge >= 0.3 is 0 Å². The second kappa shape index (κ2) is 3.17. The van der Waals surface area contributed by atoms with Gasteiger partial charge in [-0.25, -0.2) is 17.2 Å². The zero-order valence-electron chi connectivity index (χ0n) is 9.29. The van der Waals surface area contributed by atoms with Crippen LogP contribution in [0.15, 0.2) is 0 Å². The summed E-state index contributed by atoms with van der Waals surface area (Å²) in [4.78, 5) is 11.7. The summed E-state index contributed by atoms with van der Waals surface area (Å²) in [5.41, 5.74) is 3.10. The second-order valence-corrected chi connectivity index (χ2v) is 7.48. The molecule has 1 aliphatic heterocycles. The van der Waals surface area contributed by atoms with E-state index in [1.54, 1.807) is 6.92 Å². The van der Waals surface area contributed by atoms with Crippen LogP contribution in [-0.2, 0) is 14.6 Å². The van der Waals surface area contributed by atoms with Gasteiger partial charge < -0.3 is 11.1 Å². The highest BCUT2D eigenvalue weighted by Gasteiger charge is 2.60. The molecule has 0 aromatic rings. The van der Waals surface area contributed by atoms with Crippen LogP contribution in [0.25, 0.3) is 0 Å². The zero-order chi connectivity index (χ0) is 13.1. The molecule has 5 nitrogen and oxygen atoms in total. The summed E-state index contributed by atoms with van der Waals surface area (Å²) >= 11 is 0. The van der Waals surface area contributed by atoms with Crippen LogP contribution in [0.1, 0.15) is 19.8 Å². The standard InChI is InChI=1S/C9H14F2N2O3S/c1-7(4-17(15,16)5-7)13-6(14)8(12)2-9(10,11)3-8/h2-5,12H2,1H3,(H,13,14). The maximum Gasteiger partial charge on any atom is 0.252 e. The molecule has 98 valence electrons. The van der Waals surface area contributed by atoms with Crippen molar-refractivity contribution in [2.75, 3.05) is 11.5 Å². The third-order valence-corrected chi connectivity index (χ3v) is 5.25. The second-order valence-electron chi connectivity index (χ2n) is 5.41. The molecule has 1 saturated heterocycles. The summed E-state index contributed by atoms with van der Waals surface area (Å²) in [5.74, 6) is -3.92. The van der Waals surface area contributed by atoms with E-state index in [0.717, 1.165) is 0 Å². The van der Waals surface area contributed by atoms with Crippen molar-refractivity contribution < 1.29 is 22.0 Å². The SMILES string of the molecule is CC1(NC(=O)C2(N)CC(F)(F)C2)CS(=O)(=O)C1. The highest BCUT2D eigenvalue weighted by Crippen LogP contribution is 2.44. The number of carbonyl (C=O) groups is 1. The first-order chi connectivity index (χ1) is 7.46. The Kier molecular flexibility index (Phi) is 2.36. The molecular formula is C9H14F2N2O3S. The van der Waals surface area contributed by atoms with Crippen LogP contribution < -0.4 is 11.1 Å². The van der Waals surface area contributed by atoms with Gasteiger partial charge in [-0.15, -0.1) is 0 Å². The highest BCUT2D eigenvalue weighted by molar-refractivity contribution is 7.93. The molecule has 17 heavy (non-hydrogen) atoms. The molecule has 2 aliphatic rings. The van der Waals surface area contributed by atoms with Crippen molar-refractivity contribution >= 4 is 15.7 Å². The molecule has 8 heteroatoms. The van der Waals surface area contributed by atoms with E-state index < -0.39 is 45.6 Å². The average Bonchev–Trinajstić information content (AvgIpc) is 1.94. The Bertz CT molecular complexity index is 455. The number of nitrogens with one attached hydrogen (secondary N) is 1. The number of sulfone groups is 1. The first-order valence-corrected chi connectivity index (χ1v) is 6.97. The minimum absolute atomic E-state index is 0.168. The van der Waals surface area contributed by atoms with Gasteiger partial charge in [-0.1, -0.05) is 0 Å². The summed E-state index contributed by atoms with van der Waals surface area (Å²) in [7, 11) is -3.10. The van der Waals surface area contributed by atoms with Crippen LogP contribution in [-0.4, -0.2) is 42.8 Å². The Hall–Kier alpha value is -0.760. The predicted octanol–water partition coefficient (Wildman–Crippen LogP) is -0.584. The third kappa shape index (κ3) is 2.28. The van der Waals surface area contributed by atoms with E-state index >= 15 is 0 Å². The molecule has 0 radical (unpaired) electrons. The monoisotopic (exact) mass is 268 g/mol. The van der Waals surface area contributed by atoms with Gasteiger partial charge in [0.25, 0.3) is 5.92 Å². The van der Waals surface area contributed by atoms with E-state index in [-0.39, 0.29) is 11.5 Å². The summed E-state index contributed by atoms with van der Waals surface area (Å²) < 4.78 is 47.4. The molecule has 2 rings (SSSR count). The average molecular weight is 268 g/mol. The number of nitrogens with two attached hydrogens (primary N) is 1. The number of rotatable bonds is 2. The number of amides is 1. The van der Waals surface area contributed by atoms with Gasteiger partial charge in [-0.2, -0.15) is 0 Å². The first kappa shape index (κ1) is 12.7. The minimum atomic E-state index is -3.10. The Labute approximate surface area is 97.7 Å². The fourth-order valence-corrected chi connectivity index (χ4v) is 4.43. The smallest absolute Gasteiger partial charge is 0.252 e. The zero-order valence-corrected chi connectivity index (χ0v) is 10.1. The molecule has 0 atom stereocenters. The van der Waals surface area contributed by atoms with E-state index in [9.17, 15) is 22.0 Å². The van der Waals surface area contributed by atoms with Gasteiger partial charge in [-0.3, -0.25) is 4.79 Å². The summed E-state index contributed by atoms with van der Waals surface area (Å²) in [6.07, 6.45) is -1.37. The summed E-state index contributed by atoms with van der Waals surface area (Å²) in [6, 6.07) is 0. The Morgan fingerprint density at radius 1 is 1.29 bits per heavy atom. The topological polar surface area (TPSA) is 89.3 Å². The van der Waals surface area contributed by atoms with Gasteiger partial charge in [-0.05, 0) is 6.92 Å². The molecule has 0 aromatic carbocycles. The van der Waals surface area contributed by atoms with Crippen LogP contribution in [0.5, 0.6) is 0 Å². The maximum absolute atomic E-state index is 12.7. The fourth-order valence-electron chi connectivity index (χ4n) is 2.43. The van der Waals surface area contributed by atoms with Crippen molar-refractivity contribution in [2.45, 2.75) is 36.8 Å². The normalized spacial score (nSPS) is 30.8. The number of hydrogen-bond acceptors (Lipinski definition) is 4. The molecule has 0 unspecified atom stereocenters. The van der Waals surface area contributed by atoms with Crippen LogP contribution in [0.3, 0.4) is 0 Å². The molecule has 0 spiro atoms. The molecular weight excluding hydrogens is 254 g/mol. The number of hydrogen-bond donors (Lipinski definition) is 2. The van der Waals surface area contributed by atoms with E-state index in [4.69, 9.17) is 5.73 Å². The van der Waals surface area contributed by atoms with Crippen molar-refractivity contribution in [3.05, 3.63) is 0 Å². The van der Waals surface area contributed by atoms with E-state index in [2.05, 4.69) is 5.32 Å². The molecule has 1 aliphatic carbocycles. The lowest BCUT2D eigenvalue weighted by Gasteiger charge is -2.46. The van der Waals surface area contributed by atoms with Crippen LogP contribution in [0.4, 0.5) is 8.78 Å². The molecule has 0 bridgehead atoms. The van der Waals surface area contributed by atoms with E-state index in [1.165, 1.54) is 0 Å².